The number of rotatable bonds is 6. The van der Waals surface area contributed by atoms with Crippen molar-refractivity contribution in [3.05, 3.63) is 71.2 Å². The molecule has 136 valence electrons. The van der Waals surface area contributed by atoms with E-state index in [1.165, 1.54) is 24.5 Å². The second kappa shape index (κ2) is 8.29. The van der Waals surface area contributed by atoms with E-state index in [2.05, 4.69) is 5.32 Å². The Morgan fingerprint density at radius 3 is 2.42 bits per heavy atom. The van der Waals surface area contributed by atoms with Gasteiger partial charge >= 0.3 is 0 Å². The second-order valence-electron chi connectivity index (χ2n) is 6.14. The minimum absolute atomic E-state index is 0.232. The fraction of sp³-hybridized carbons (Fsp3) is 0.200. The van der Waals surface area contributed by atoms with Crippen LogP contribution in [0.3, 0.4) is 0 Å². The van der Waals surface area contributed by atoms with Crippen LogP contribution in [0.4, 0.5) is 10.1 Å². The summed E-state index contributed by atoms with van der Waals surface area (Å²) in [5.74, 6) is -0.543. The third-order valence-corrected chi connectivity index (χ3v) is 4.11. The Hall–Kier alpha value is -3.15. The van der Waals surface area contributed by atoms with Gasteiger partial charge in [0.15, 0.2) is 0 Å². The van der Waals surface area contributed by atoms with Crippen molar-refractivity contribution in [1.29, 1.82) is 5.41 Å². The van der Waals surface area contributed by atoms with Gasteiger partial charge in [-0.1, -0.05) is 18.2 Å². The molecular formula is C20H23FN4O. The SMILES string of the molecule is CC(NC(=O)c1ccc(/C(C=N)=C/N)c(N(C)C)c1)c1ccc(F)cc1. The number of nitrogens with zero attached hydrogens (tertiary/aromatic N) is 1. The third-order valence-electron chi connectivity index (χ3n) is 4.11. The highest BCUT2D eigenvalue weighted by molar-refractivity contribution is 6.11. The number of nitrogens with two attached hydrogens (primary N) is 1. The van der Waals surface area contributed by atoms with Crippen molar-refractivity contribution in [2.75, 3.05) is 19.0 Å². The maximum atomic E-state index is 13.0. The van der Waals surface area contributed by atoms with Gasteiger partial charge in [-0.15, -0.1) is 0 Å². The molecule has 2 aromatic rings. The van der Waals surface area contributed by atoms with E-state index in [4.69, 9.17) is 11.1 Å². The molecule has 1 unspecified atom stereocenters. The molecule has 0 fully saturated rings. The first-order valence-corrected chi connectivity index (χ1v) is 8.17. The molecule has 0 aromatic heterocycles. The normalized spacial score (nSPS) is 12.4. The van der Waals surface area contributed by atoms with Crippen molar-refractivity contribution in [2.24, 2.45) is 5.73 Å². The molecule has 5 nitrogen and oxygen atoms in total. The first kappa shape index (κ1) is 19.2. The molecule has 0 aliphatic heterocycles. The predicted molar refractivity (Wildman–Crippen MR) is 104 cm³/mol. The lowest BCUT2D eigenvalue weighted by Crippen LogP contribution is -2.27. The Balaban J connectivity index is 2.27. The number of nitrogens with one attached hydrogen (secondary N) is 2. The topological polar surface area (TPSA) is 82.2 Å². The Bertz CT molecular complexity index is 828. The molecule has 0 bridgehead atoms. The van der Waals surface area contributed by atoms with E-state index < -0.39 is 0 Å². The van der Waals surface area contributed by atoms with Crippen molar-refractivity contribution in [1.82, 2.24) is 5.32 Å². The van der Waals surface area contributed by atoms with E-state index in [1.54, 1.807) is 30.3 Å². The van der Waals surface area contributed by atoms with Crippen LogP contribution >= 0.6 is 0 Å². The van der Waals surface area contributed by atoms with Crippen LogP contribution in [0.1, 0.15) is 34.5 Å². The molecule has 4 N–H and O–H groups in total. The summed E-state index contributed by atoms with van der Waals surface area (Å²) in [6, 6.07) is 11.0. The molecular weight excluding hydrogens is 331 g/mol. The third kappa shape index (κ3) is 4.27. The van der Waals surface area contributed by atoms with E-state index in [1.807, 2.05) is 25.9 Å². The minimum Gasteiger partial charge on any atom is -0.404 e. The summed E-state index contributed by atoms with van der Waals surface area (Å²) >= 11 is 0. The van der Waals surface area contributed by atoms with E-state index in [9.17, 15) is 9.18 Å². The molecule has 0 spiro atoms. The Morgan fingerprint density at radius 1 is 1.23 bits per heavy atom. The average Bonchev–Trinajstić information content (AvgIpc) is 2.63. The first-order valence-electron chi connectivity index (χ1n) is 8.17. The molecule has 2 aromatic carbocycles. The van der Waals surface area contributed by atoms with Crippen LogP contribution in [-0.4, -0.2) is 26.2 Å². The van der Waals surface area contributed by atoms with Crippen molar-refractivity contribution in [2.45, 2.75) is 13.0 Å². The molecule has 2 rings (SSSR count). The fourth-order valence-corrected chi connectivity index (χ4v) is 2.62. The minimum atomic E-state index is -0.312. The van der Waals surface area contributed by atoms with Crippen LogP contribution in [0.2, 0.25) is 0 Å². The molecule has 6 heteroatoms. The van der Waals surface area contributed by atoms with Crippen LogP contribution in [0, 0.1) is 11.2 Å². The Morgan fingerprint density at radius 2 is 1.88 bits per heavy atom. The summed E-state index contributed by atoms with van der Waals surface area (Å²) < 4.78 is 13.0. The van der Waals surface area contributed by atoms with Crippen LogP contribution in [-0.2, 0) is 0 Å². The van der Waals surface area contributed by atoms with Gasteiger partial charge in [-0.2, -0.15) is 0 Å². The van der Waals surface area contributed by atoms with Crippen LogP contribution < -0.4 is 16.0 Å². The van der Waals surface area contributed by atoms with Gasteiger partial charge in [-0.25, -0.2) is 4.39 Å². The summed E-state index contributed by atoms with van der Waals surface area (Å²) in [7, 11) is 3.72. The van der Waals surface area contributed by atoms with Crippen molar-refractivity contribution >= 4 is 23.4 Å². The van der Waals surface area contributed by atoms with Gasteiger partial charge in [0, 0.05) is 48.9 Å². The molecule has 0 saturated heterocycles. The van der Waals surface area contributed by atoms with E-state index in [0.29, 0.717) is 11.1 Å². The lowest BCUT2D eigenvalue weighted by molar-refractivity contribution is 0.0940. The van der Waals surface area contributed by atoms with Crippen molar-refractivity contribution in [3.8, 4) is 0 Å². The summed E-state index contributed by atoms with van der Waals surface area (Å²) in [6.45, 7) is 1.84. The molecule has 0 radical (unpaired) electrons. The van der Waals surface area contributed by atoms with Crippen LogP contribution in [0.5, 0.6) is 0 Å². The number of halogens is 1. The highest BCUT2D eigenvalue weighted by Crippen LogP contribution is 2.26. The highest BCUT2D eigenvalue weighted by atomic mass is 19.1. The number of allylic oxidation sites excluding steroid dienone is 1. The zero-order valence-electron chi connectivity index (χ0n) is 15.1. The summed E-state index contributed by atoms with van der Waals surface area (Å²) in [5, 5.41) is 10.4. The number of anilines is 1. The van der Waals surface area contributed by atoms with Gasteiger partial charge in [0.1, 0.15) is 5.82 Å². The lowest BCUT2D eigenvalue weighted by atomic mass is 10.0. The summed E-state index contributed by atoms with van der Waals surface area (Å²) in [4.78, 5) is 14.5. The zero-order chi connectivity index (χ0) is 19.3. The smallest absolute Gasteiger partial charge is 0.251 e. The van der Waals surface area contributed by atoms with Crippen molar-refractivity contribution < 1.29 is 9.18 Å². The predicted octanol–water partition coefficient (Wildman–Crippen LogP) is 3.33. The zero-order valence-corrected chi connectivity index (χ0v) is 15.1. The van der Waals surface area contributed by atoms with Crippen LogP contribution in [0.15, 0.2) is 48.7 Å². The monoisotopic (exact) mass is 354 g/mol. The molecule has 0 aliphatic carbocycles. The van der Waals surface area contributed by atoms with Gasteiger partial charge in [0.2, 0.25) is 0 Å². The first-order chi connectivity index (χ1) is 12.4. The molecule has 1 amide bonds. The van der Waals surface area contributed by atoms with E-state index in [0.717, 1.165) is 16.8 Å². The van der Waals surface area contributed by atoms with Gasteiger partial charge in [0.05, 0.1) is 6.04 Å². The summed E-state index contributed by atoms with van der Waals surface area (Å²) in [6.07, 6.45) is 2.55. The Labute approximate surface area is 152 Å². The Kier molecular flexibility index (Phi) is 6.11. The molecule has 26 heavy (non-hydrogen) atoms. The molecule has 0 saturated carbocycles. The second-order valence-corrected chi connectivity index (χ2v) is 6.14. The van der Waals surface area contributed by atoms with Gasteiger partial charge < -0.3 is 21.4 Å². The number of carbonyl (C=O) groups excluding carboxylic acids is 1. The number of hydrogen-bond donors (Lipinski definition) is 3. The molecule has 0 heterocycles. The van der Waals surface area contributed by atoms with Crippen molar-refractivity contribution in [3.63, 3.8) is 0 Å². The molecule has 0 aliphatic rings. The number of amides is 1. The number of benzene rings is 2. The number of carbonyl (C=O) groups is 1. The van der Waals surface area contributed by atoms with Gasteiger partial charge in [0.25, 0.3) is 5.91 Å². The fourth-order valence-electron chi connectivity index (χ4n) is 2.62. The standard InChI is InChI=1S/C20H23FN4O/c1-13(14-4-7-17(21)8-5-14)24-20(26)15-6-9-18(16(11-22)12-23)19(10-15)25(2)3/h4-13,22H,23H2,1-3H3,(H,24,26)/b16-12+,22-11?. The number of hydrogen-bond acceptors (Lipinski definition) is 4. The quantitative estimate of drug-likeness (QED) is 0.696. The summed E-state index contributed by atoms with van der Waals surface area (Å²) in [5.41, 5.74) is 9.03. The van der Waals surface area contributed by atoms with Gasteiger partial charge in [-0.3, -0.25) is 4.79 Å². The highest BCUT2D eigenvalue weighted by Gasteiger charge is 2.15. The van der Waals surface area contributed by atoms with Gasteiger partial charge in [-0.05, 0) is 36.8 Å². The average molecular weight is 354 g/mol. The lowest BCUT2D eigenvalue weighted by Gasteiger charge is -2.20. The van der Waals surface area contributed by atoms with E-state index in [-0.39, 0.29) is 17.8 Å². The largest absolute Gasteiger partial charge is 0.404 e. The maximum Gasteiger partial charge on any atom is 0.251 e. The van der Waals surface area contributed by atoms with E-state index >= 15 is 0 Å². The maximum absolute atomic E-state index is 13.0. The van der Waals surface area contributed by atoms with Crippen LogP contribution in [0.25, 0.3) is 5.57 Å². The molecule has 1 atom stereocenters.